The van der Waals surface area contributed by atoms with Gasteiger partial charge in [0.1, 0.15) is 0 Å². The highest BCUT2D eigenvalue weighted by Gasteiger charge is 2.30. The van der Waals surface area contributed by atoms with Gasteiger partial charge >= 0.3 is 21.6 Å². The fraction of sp³-hybridized carbons (Fsp3) is 0.545. The zero-order valence-corrected chi connectivity index (χ0v) is 20.8. The number of carbonyl (C=O) groups is 2. The van der Waals surface area contributed by atoms with Crippen molar-refractivity contribution in [3.05, 3.63) is 48.6 Å². The molecule has 0 aromatic rings. The van der Waals surface area contributed by atoms with Crippen molar-refractivity contribution in [3.63, 3.8) is 0 Å². The Balaban J connectivity index is 0. The smallest absolute Gasteiger partial charge is 0.389 e. The Morgan fingerprint density at radius 2 is 1.06 bits per heavy atom. The summed E-state index contributed by atoms with van der Waals surface area (Å²) in [7, 11) is 0. The predicted octanol–water partition coefficient (Wildman–Crippen LogP) is 8.24. The molecule has 0 atom stereocenters. The highest BCUT2D eigenvalue weighted by Crippen LogP contribution is 2.27. The van der Waals surface area contributed by atoms with Crippen LogP contribution in [-0.2, 0) is 9.59 Å². The first-order valence-electron chi connectivity index (χ1n) is 10.0. The van der Waals surface area contributed by atoms with E-state index in [0.717, 1.165) is 25.7 Å². The lowest BCUT2D eigenvalue weighted by Crippen LogP contribution is -2.16. The van der Waals surface area contributed by atoms with Gasteiger partial charge in [0.05, 0.1) is 0 Å². The minimum Gasteiger partial charge on any atom is -0.481 e. The van der Waals surface area contributed by atoms with Crippen LogP contribution >= 0.6 is 31.9 Å². The summed E-state index contributed by atoms with van der Waals surface area (Å²) >= 11 is 4.39. The summed E-state index contributed by atoms with van der Waals surface area (Å²) in [5.74, 6) is -2.34. The second kappa shape index (κ2) is 20.2. The third-order valence-corrected chi connectivity index (χ3v) is 4.25. The van der Waals surface area contributed by atoms with Crippen molar-refractivity contribution in [2.75, 3.05) is 0 Å². The largest absolute Gasteiger partial charge is 0.481 e. The normalized spacial score (nSPS) is 12.7. The fourth-order valence-corrected chi connectivity index (χ4v) is 2.01. The highest BCUT2D eigenvalue weighted by molar-refractivity contribution is 9.25. The average Bonchev–Trinajstić information content (AvgIpc) is 2.65. The molecular formula is C22H30Br2F4O4. The Morgan fingerprint density at radius 1 is 0.688 bits per heavy atom. The van der Waals surface area contributed by atoms with E-state index in [1.165, 1.54) is 0 Å². The van der Waals surface area contributed by atoms with E-state index in [4.69, 9.17) is 10.2 Å². The minimum absolute atomic E-state index is 0.197. The molecule has 0 radical (unpaired) electrons. The number of halogens is 6. The Kier molecular flexibility index (Phi) is 20.7. The lowest BCUT2D eigenvalue weighted by molar-refractivity contribution is -0.140. The molecule has 0 rings (SSSR count). The predicted molar refractivity (Wildman–Crippen MR) is 126 cm³/mol. The zero-order chi connectivity index (χ0) is 24.9. The summed E-state index contributed by atoms with van der Waals surface area (Å²) in [6, 6.07) is 0. The topological polar surface area (TPSA) is 74.6 Å². The van der Waals surface area contributed by atoms with Gasteiger partial charge in [0, 0.05) is 12.8 Å². The summed E-state index contributed by atoms with van der Waals surface area (Å²) in [4.78, 5) is 19.9. The summed E-state index contributed by atoms with van der Waals surface area (Å²) in [5, 5.41) is 16.3. The van der Waals surface area contributed by atoms with Gasteiger partial charge in [-0.3, -0.25) is 4.79 Å². The van der Waals surface area contributed by atoms with Gasteiger partial charge < -0.3 is 10.2 Å². The number of unbranched alkanes of at least 4 members (excludes halogenated alkanes) is 3. The SMILES string of the molecule is O=C(O)C(F)(Br)Br.O=C(O)CCC/C=C\C/C=C\C/C=C\C/C=C\CCCCC(F)(F)F. The molecule has 0 amide bonds. The van der Waals surface area contributed by atoms with E-state index in [9.17, 15) is 27.2 Å². The van der Waals surface area contributed by atoms with Crippen molar-refractivity contribution in [3.8, 4) is 0 Å². The Labute approximate surface area is 203 Å². The van der Waals surface area contributed by atoms with Crippen molar-refractivity contribution in [1.29, 1.82) is 0 Å². The number of rotatable bonds is 15. The molecule has 0 unspecified atom stereocenters. The van der Waals surface area contributed by atoms with Gasteiger partial charge in [-0.25, -0.2) is 9.18 Å². The lowest BCUT2D eigenvalue weighted by atomic mass is 10.1. The number of hydrogen-bond donors (Lipinski definition) is 2. The van der Waals surface area contributed by atoms with Crippen LogP contribution in [-0.4, -0.2) is 31.8 Å². The fourth-order valence-electron chi connectivity index (χ4n) is 2.01. The molecule has 32 heavy (non-hydrogen) atoms. The number of carboxylic acids is 2. The van der Waals surface area contributed by atoms with Crippen LogP contribution in [0.2, 0.25) is 0 Å². The minimum atomic E-state index is -4.03. The Bertz CT molecular complexity index is 622. The number of carboxylic acid groups (broad SMARTS) is 2. The van der Waals surface area contributed by atoms with Crippen molar-refractivity contribution in [2.24, 2.45) is 0 Å². The number of alkyl halides is 6. The summed E-state index contributed by atoms with van der Waals surface area (Å²) < 4.78 is 45.1. The maximum Gasteiger partial charge on any atom is 0.389 e. The molecule has 0 bridgehead atoms. The van der Waals surface area contributed by atoms with Crippen LogP contribution in [0.15, 0.2) is 48.6 Å². The van der Waals surface area contributed by atoms with Crippen LogP contribution in [0.1, 0.15) is 64.2 Å². The van der Waals surface area contributed by atoms with E-state index in [1.54, 1.807) is 0 Å². The van der Waals surface area contributed by atoms with Crippen LogP contribution in [0.3, 0.4) is 0 Å². The van der Waals surface area contributed by atoms with E-state index in [0.29, 0.717) is 19.3 Å². The van der Waals surface area contributed by atoms with Gasteiger partial charge in [0.25, 0.3) is 0 Å². The summed E-state index contributed by atoms with van der Waals surface area (Å²) in [5.41, 5.74) is 0. The quantitative estimate of drug-likeness (QED) is 0.0867. The van der Waals surface area contributed by atoms with Crippen molar-refractivity contribution in [2.45, 2.75) is 73.9 Å². The van der Waals surface area contributed by atoms with Gasteiger partial charge in [0.2, 0.25) is 0 Å². The molecule has 184 valence electrons. The molecule has 0 aromatic heterocycles. The average molecular weight is 594 g/mol. The van der Waals surface area contributed by atoms with E-state index in [-0.39, 0.29) is 12.8 Å². The second-order valence-corrected chi connectivity index (χ2v) is 9.79. The van der Waals surface area contributed by atoms with E-state index in [2.05, 4.69) is 50.1 Å². The Morgan fingerprint density at radius 3 is 1.41 bits per heavy atom. The molecule has 0 saturated heterocycles. The van der Waals surface area contributed by atoms with Crippen LogP contribution in [0.25, 0.3) is 0 Å². The first kappa shape index (κ1) is 32.8. The molecule has 0 aliphatic carbocycles. The van der Waals surface area contributed by atoms with E-state index in [1.807, 2.05) is 30.4 Å². The molecule has 4 nitrogen and oxygen atoms in total. The number of hydrogen-bond acceptors (Lipinski definition) is 2. The molecule has 2 N–H and O–H groups in total. The number of aliphatic carboxylic acids is 2. The molecule has 0 heterocycles. The molecular weight excluding hydrogens is 564 g/mol. The standard InChI is InChI=1S/C20H29F3O2.C2HBr2FO2/c21-20(22,23)18-16-14-12-10-8-6-4-2-1-3-5-7-9-11-13-15-17-19(24)25;3-2(4,5)1(6)7/h2-5,8-11H,1,6-7,12-18H2,(H,24,25);(H,6,7)/b4-2-,5-3-,10-8-,11-9-;. The van der Waals surface area contributed by atoms with Gasteiger partial charge in [-0.05, 0) is 83.2 Å². The van der Waals surface area contributed by atoms with Crippen LogP contribution < -0.4 is 0 Å². The third kappa shape index (κ3) is 30.8. The molecule has 0 aliphatic rings. The first-order chi connectivity index (χ1) is 14.9. The van der Waals surface area contributed by atoms with Crippen LogP contribution in [0.4, 0.5) is 17.6 Å². The highest BCUT2D eigenvalue weighted by atomic mass is 79.9. The number of allylic oxidation sites excluding steroid dienone is 8. The Hall–Kier alpha value is -1.42. The molecule has 0 aliphatic heterocycles. The van der Waals surface area contributed by atoms with Crippen molar-refractivity contribution >= 4 is 43.8 Å². The zero-order valence-electron chi connectivity index (χ0n) is 17.7. The van der Waals surface area contributed by atoms with E-state index >= 15 is 0 Å². The van der Waals surface area contributed by atoms with Crippen LogP contribution in [0.5, 0.6) is 0 Å². The molecule has 0 aromatic carbocycles. The molecule has 0 spiro atoms. The summed E-state index contributed by atoms with van der Waals surface area (Å²) in [6.45, 7) is 0. The monoisotopic (exact) mass is 592 g/mol. The third-order valence-electron chi connectivity index (χ3n) is 3.57. The van der Waals surface area contributed by atoms with Gasteiger partial charge in [-0.15, -0.1) is 0 Å². The van der Waals surface area contributed by atoms with Crippen LogP contribution in [0, 0.1) is 0 Å². The molecule has 10 heteroatoms. The first-order valence-corrected chi connectivity index (χ1v) is 11.6. The van der Waals surface area contributed by atoms with Gasteiger partial charge in [-0.1, -0.05) is 48.6 Å². The van der Waals surface area contributed by atoms with Gasteiger partial charge in [0.15, 0.2) is 0 Å². The molecule has 0 fully saturated rings. The van der Waals surface area contributed by atoms with Crippen molar-refractivity contribution < 1.29 is 37.4 Å². The maximum absolute atomic E-state index is 11.9. The van der Waals surface area contributed by atoms with E-state index < -0.39 is 28.0 Å². The molecule has 0 saturated carbocycles. The van der Waals surface area contributed by atoms with Crippen molar-refractivity contribution in [1.82, 2.24) is 0 Å². The van der Waals surface area contributed by atoms with Gasteiger partial charge in [-0.2, -0.15) is 13.2 Å². The lowest BCUT2D eigenvalue weighted by Gasteiger charge is -2.03. The maximum atomic E-state index is 11.9. The second-order valence-electron chi connectivity index (χ2n) is 6.54. The summed E-state index contributed by atoms with van der Waals surface area (Å²) in [6.07, 6.45) is 17.1.